The lowest BCUT2D eigenvalue weighted by molar-refractivity contribution is -0.137. The fraction of sp³-hybridized carbons (Fsp3) is 0.571. The largest absolute Gasteiger partial charge is 0.416 e. The summed E-state index contributed by atoms with van der Waals surface area (Å²) in [4.78, 5) is 0. The first-order valence-electron chi connectivity index (χ1n) is 6.34. The molecular weight excluding hydrogens is 239 g/mol. The average molecular weight is 257 g/mol. The Labute approximate surface area is 105 Å². The lowest BCUT2D eigenvalue weighted by Gasteiger charge is -2.15. The van der Waals surface area contributed by atoms with Crippen molar-refractivity contribution in [1.29, 1.82) is 0 Å². The van der Waals surface area contributed by atoms with E-state index in [1.807, 2.05) is 7.05 Å². The summed E-state index contributed by atoms with van der Waals surface area (Å²) in [5.74, 6) is 0.768. The molecule has 0 amide bonds. The molecule has 0 heterocycles. The molecule has 1 aliphatic rings. The first-order chi connectivity index (χ1) is 8.50. The number of rotatable bonds is 5. The van der Waals surface area contributed by atoms with Gasteiger partial charge in [0.05, 0.1) is 5.56 Å². The van der Waals surface area contributed by atoms with Gasteiger partial charge in [0, 0.05) is 6.04 Å². The number of halogens is 3. The van der Waals surface area contributed by atoms with Crippen molar-refractivity contribution in [2.75, 3.05) is 7.05 Å². The van der Waals surface area contributed by atoms with Crippen molar-refractivity contribution >= 4 is 0 Å². The van der Waals surface area contributed by atoms with E-state index in [-0.39, 0.29) is 0 Å². The maximum absolute atomic E-state index is 12.4. The zero-order valence-corrected chi connectivity index (χ0v) is 10.4. The van der Waals surface area contributed by atoms with E-state index in [2.05, 4.69) is 5.32 Å². The van der Waals surface area contributed by atoms with Crippen molar-refractivity contribution in [3.8, 4) is 0 Å². The highest BCUT2D eigenvalue weighted by Gasteiger charge is 2.31. The molecule has 0 spiro atoms. The van der Waals surface area contributed by atoms with Gasteiger partial charge in [0.15, 0.2) is 0 Å². The summed E-state index contributed by atoms with van der Waals surface area (Å²) in [7, 11) is 1.95. The monoisotopic (exact) mass is 257 g/mol. The van der Waals surface area contributed by atoms with Crippen LogP contribution in [-0.4, -0.2) is 13.1 Å². The number of nitrogens with one attached hydrogen (secondary N) is 1. The second-order valence-corrected chi connectivity index (χ2v) is 4.97. The van der Waals surface area contributed by atoms with Gasteiger partial charge in [-0.1, -0.05) is 12.1 Å². The molecule has 1 N–H and O–H groups in total. The molecule has 1 aliphatic carbocycles. The Bertz CT molecular complexity index is 379. The van der Waals surface area contributed by atoms with Gasteiger partial charge in [-0.25, -0.2) is 0 Å². The lowest BCUT2D eigenvalue weighted by atomic mass is 10.0. The quantitative estimate of drug-likeness (QED) is 0.849. The summed E-state index contributed by atoms with van der Waals surface area (Å²) in [6.07, 6.45) is 0.143. The molecule has 2 rings (SSSR count). The van der Waals surface area contributed by atoms with Crippen LogP contribution in [0.25, 0.3) is 0 Å². The minimum absolute atomic E-state index is 0.507. The summed E-state index contributed by atoms with van der Waals surface area (Å²) in [6, 6.07) is 6.01. The van der Waals surface area contributed by atoms with E-state index >= 15 is 0 Å². The SMILES string of the molecule is CNC(CCc1ccc(C(F)(F)F)cc1)C1CC1. The predicted molar refractivity (Wildman–Crippen MR) is 65.3 cm³/mol. The standard InChI is InChI=1S/C14H18F3N/c1-18-13(11-5-6-11)9-4-10-2-7-12(8-3-10)14(15,16)17/h2-3,7-8,11,13,18H,4-6,9H2,1H3. The number of hydrogen-bond donors (Lipinski definition) is 1. The van der Waals surface area contributed by atoms with Crippen LogP contribution in [-0.2, 0) is 12.6 Å². The third kappa shape index (κ3) is 3.48. The normalized spacial score (nSPS) is 17.8. The van der Waals surface area contributed by atoms with Crippen molar-refractivity contribution in [2.24, 2.45) is 5.92 Å². The van der Waals surface area contributed by atoms with Gasteiger partial charge >= 0.3 is 6.18 Å². The van der Waals surface area contributed by atoms with Crippen LogP contribution in [0.2, 0.25) is 0 Å². The van der Waals surface area contributed by atoms with Crippen LogP contribution in [0, 0.1) is 5.92 Å². The number of aryl methyl sites for hydroxylation is 1. The first kappa shape index (κ1) is 13.4. The van der Waals surface area contributed by atoms with Gasteiger partial charge in [0.2, 0.25) is 0 Å². The fourth-order valence-electron chi connectivity index (χ4n) is 2.30. The third-order valence-electron chi connectivity index (χ3n) is 3.59. The molecule has 1 aromatic carbocycles. The molecule has 1 saturated carbocycles. The molecule has 0 saturated heterocycles. The number of alkyl halides is 3. The summed E-state index contributed by atoms with van der Waals surface area (Å²) < 4.78 is 37.2. The topological polar surface area (TPSA) is 12.0 Å². The smallest absolute Gasteiger partial charge is 0.317 e. The first-order valence-corrected chi connectivity index (χ1v) is 6.34. The third-order valence-corrected chi connectivity index (χ3v) is 3.59. The van der Waals surface area contributed by atoms with E-state index in [9.17, 15) is 13.2 Å². The number of hydrogen-bond acceptors (Lipinski definition) is 1. The lowest BCUT2D eigenvalue weighted by Crippen LogP contribution is -2.27. The minimum atomic E-state index is -4.24. The van der Waals surface area contributed by atoms with Crippen LogP contribution in [0.1, 0.15) is 30.4 Å². The molecule has 0 radical (unpaired) electrons. The second-order valence-electron chi connectivity index (χ2n) is 4.97. The van der Waals surface area contributed by atoms with Crippen LogP contribution in [0.3, 0.4) is 0 Å². The summed E-state index contributed by atoms with van der Waals surface area (Å²) in [5.41, 5.74) is 0.405. The summed E-state index contributed by atoms with van der Waals surface area (Å²) >= 11 is 0. The van der Waals surface area contributed by atoms with E-state index in [1.165, 1.54) is 25.0 Å². The van der Waals surface area contributed by atoms with Crippen LogP contribution >= 0.6 is 0 Å². The van der Waals surface area contributed by atoms with Crippen molar-refractivity contribution in [3.05, 3.63) is 35.4 Å². The van der Waals surface area contributed by atoms with Gasteiger partial charge in [0.1, 0.15) is 0 Å². The maximum Gasteiger partial charge on any atom is 0.416 e. The highest BCUT2D eigenvalue weighted by molar-refractivity contribution is 5.24. The Morgan fingerprint density at radius 2 is 1.83 bits per heavy atom. The van der Waals surface area contributed by atoms with E-state index in [4.69, 9.17) is 0 Å². The summed E-state index contributed by atoms with van der Waals surface area (Å²) in [5, 5.41) is 3.29. The van der Waals surface area contributed by atoms with Crippen LogP contribution in [0.5, 0.6) is 0 Å². The molecular formula is C14H18F3N. The fourth-order valence-corrected chi connectivity index (χ4v) is 2.30. The van der Waals surface area contributed by atoms with Gasteiger partial charge in [0.25, 0.3) is 0 Å². The second kappa shape index (κ2) is 5.31. The molecule has 18 heavy (non-hydrogen) atoms. The predicted octanol–water partition coefficient (Wildman–Crippen LogP) is 3.64. The molecule has 1 aromatic rings. The Balaban J connectivity index is 1.90. The molecule has 1 unspecified atom stereocenters. The van der Waals surface area contributed by atoms with Gasteiger partial charge in [-0.15, -0.1) is 0 Å². The maximum atomic E-state index is 12.4. The van der Waals surface area contributed by atoms with Gasteiger partial charge in [-0.05, 0) is 56.3 Å². The van der Waals surface area contributed by atoms with Crippen LogP contribution < -0.4 is 5.32 Å². The molecule has 100 valence electrons. The number of benzene rings is 1. The molecule has 0 bridgehead atoms. The highest BCUT2D eigenvalue weighted by atomic mass is 19.4. The zero-order chi connectivity index (χ0) is 13.2. The Hall–Kier alpha value is -1.03. The van der Waals surface area contributed by atoms with Crippen molar-refractivity contribution in [3.63, 3.8) is 0 Å². The molecule has 4 heteroatoms. The van der Waals surface area contributed by atoms with Gasteiger partial charge < -0.3 is 5.32 Å². The van der Waals surface area contributed by atoms with Crippen molar-refractivity contribution in [2.45, 2.75) is 37.9 Å². The Morgan fingerprint density at radius 1 is 1.22 bits per heavy atom. The van der Waals surface area contributed by atoms with Gasteiger partial charge in [-0.2, -0.15) is 13.2 Å². The molecule has 0 aliphatic heterocycles. The van der Waals surface area contributed by atoms with Crippen LogP contribution in [0.15, 0.2) is 24.3 Å². The van der Waals surface area contributed by atoms with E-state index in [1.54, 1.807) is 12.1 Å². The molecule has 1 atom stereocenters. The highest BCUT2D eigenvalue weighted by Crippen LogP contribution is 2.34. The molecule has 0 aromatic heterocycles. The van der Waals surface area contributed by atoms with Crippen molar-refractivity contribution < 1.29 is 13.2 Å². The van der Waals surface area contributed by atoms with E-state index in [0.29, 0.717) is 6.04 Å². The average Bonchev–Trinajstić information content (AvgIpc) is 3.14. The Kier molecular flexibility index (Phi) is 3.95. The Morgan fingerprint density at radius 3 is 2.28 bits per heavy atom. The minimum Gasteiger partial charge on any atom is -0.317 e. The van der Waals surface area contributed by atoms with Crippen LogP contribution in [0.4, 0.5) is 13.2 Å². The van der Waals surface area contributed by atoms with E-state index in [0.717, 1.165) is 24.3 Å². The van der Waals surface area contributed by atoms with Gasteiger partial charge in [-0.3, -0.25) is 0 Å². The molecule has 1 nitrogen and oxygen atoms in total. The van der Waals surface area contributed by atoms with Crippen molar-refractivity contribution in [1.82, 2.24) is 5.32 Å². The van der Waals surface area contributed by atoms with E-state index < -0.39 is 11.7 Å². The molecule has 1 fully saturated rings. The zero-order valence-electron chi connectivity index (χ0n) is 10.4. The summed E-state index contributed by atoms with van der Waals surface area (Å²) in [6.45, 7) is 0.